The molecule has 3 heteroatoms. The number of rotatable bonds is 4. The molecular weight excluding hydrogens is 228 g/mol. The molecule has 0 aromatic heterocycles. The van der Waals surface area contributed by atoms with E-state index < -0.39 is 5.41 Å². The van der Waals surface area contributed by atoms with Gasteiger partial charge < -0.3 is 9.47 Å². The van der Waals surface area contributed by atoms with E-state index >= 15 is 0 Å². The fourth-order valence-corrected chi connectivity index (χ4v) is 1.77. The summed E-state index contributed by atoms with van der Waals surface area (Å²) in [6.45, 7) is 5.67. The summed E-state index contributed by atoms with van der Waals surface area (Å²) in [7, 11) is 3.02. The van der Waals surface area contributed by atoms with E-state index in [9.17, 15) is 4.79 Å². The summed E-state index contributed by atoms with van der Waals surface area (Å²) in [6.07, 6.45) is 1.68. The number of carbonyl (C=O) groups is 1. The van der Waals surface area contributed by atoms with Gasteiger partial charge in [-0.2, -0.15) is 0 Å². The number of esters is 1. The Kier molecular flexibility index (Phi) is 4.54. The summed E-state index contributed by atoms with van der Waals surface area (Å²) in [6, 6.07) is 7.84. The third-order valence-corrected chi connectivity index (χ3v) is 3.03. The maximum atomic E-state index is 11.8. The fourth-order valence-electron chi connectivity index (χ4n) is 1.77. The third-order valence-electron chi connectivity index (χ3n) is 3.03. The van der Waals surface area contributed by atoms with Gasteiger partial charge in [-0.25, -0.2) is 0 Å². The van der Waals surface area contributed by atoms with Gasteiger partial charge in [-0.1, -0.05) is 24.3 Å². The van der Waals surface area contributed by atoms with Crippen LogP contribution in [0.4, 0.5) is 0 Å². The van der Waals surface area contributed by atoms with Crippen LogP contribution in [0.25, 0.3) is 5.57 Å². The van der Waals surface area contributed by atoms with Gasteiger partial charge in [0.25, 0.3) is 0 Å². The summed E-state index contributed by atoms with van der Waals surface area (Å²) < 4.78 is 9.84. The highest BCUT2D eigenvalue weighted by Gasteiger charge is 2.30. The Morgan fingerprint density at radius 2 is 1.94 bits per heavy atom. The Hall–Kier alpha value is -1.77. The van der Waals surface area contributed by atoms with E-state index in [0.29, 0.717) is 0 Å². The summed E-state index contributed by atoms with van der Waals surface area (Å²) in [5.74, 6) is -0.243. The van der Waals surface area contributed by atoms with Gasteiger partial charge in [0.1, 0.15) is 0 Å². The van der Waals surface area contributed by atoms with Crippen LogP contribution in [0.3, 0.4) is 0 Å². The van der Waals surface area contributed by atoms with E-state index in [4.69, 9.17) is 9.47 Å². The molecule has 1 aromatic carbocycles. The molecule has 1 aromatic rings. The topological polar surface area (TPSA) is 35.5 Å². The number of hydrogen-bond acceptors (Lipinski definition) is 3. The van der Waals surface area contributed by atoms with Crippen LogP contribution in [0.1, 0.15) is 31.9 Å². The van der Waals surface area contributed by atoms with Crippen molar-refractivity contribution < 1.29 is 14.3 Å². The molecule has 18 heavy (non-hydrogen) atoms. The van der Waals surface area contributed by atoms with E-state index in [1.54, 1.807) is 13.4 Å². The molecule has 0 aliphatic rings. The number of carbonyl (C=O) groups excluding carboxylic acids is 1. The molecule has 0 aliphatic carbocycles. The Morgan fingerprint density at radius 3 is 2.50 bits per heavy atom. The van der Waals surface area contributed by atoms with Crippen molar-refractivity contribution >= 4 is 11.5 Å². The first kappa shape index (κ1) is 14.3. The molecule has 0 amide bonds. The Morgan fingerprint density at radius 1 is 1.28 bits per heavy atom. The first-order chi connectivity index (χ1) is 8.43. The lowest BCUT2D eigenvalue weighted by atomic mass is 9.83. The average molecular weight is 248 g/mol. The molecule has 3 nitrogen and oxygen atoms in total. The molecule has 0 N–H and O–H groups in total. The minimum atomic E-state index is -0.655. The fraction of sp³-hybridized carbons (Fsp3) is 0.400. The zero-order valence-electron chi connectivity index (χ0n) is 11.6. The molecule has 0 bridgehead atoms. The van der Waals surface area contributed by atoms with Gasteiger partial charge in [-0.05, 0) is 37.5 Å². The van der Waals surface area contributed by atoms with Crippen LogP contribution < -0.4 is 0 Å². The lowest BCUT2D eigenvalue weighted by Gasteiger charge is -2.22. The van der Waals surface area contributed by atoms with Crippen molar-refractivity contribution in [3.63, 3.8) is 0 Å². The Balaban J connectivity index is 3.17. The normalized spacial score (nSPS) is 12.2. The minimum absolute atomic E-state index is 0.243. The van der Waals surface area contributed by atoms with Gasteiger partial charge in [0.15, 0.2) is 0 Å². The van der Waals surface area contributed by atoms with Crippen LogP contribution in [-0.2, 0) is 19.7 Å². The van der Waals surface area contributed by atoms with Crippen molar-refractivity contribution in [2.75, 3.05) is 14.2 Å². The molecule has 1 rings (SSSR count). The molecule has 0 aliphatic heterocycles. The lowest BCUT2D eigenvalue weighted by Crippen LogP contribution is -2.30. The zero-order chi connectivity index (χ0) is 13.8. The molecule has 98 valence electrons. The first-order valence-corrected chi connectivity index (χ1v) is 5.82. The molecule has 0 radical (unpaired) electrons. The highest BCUT2D eigenvalue weighted by Crippen LogP contribution is 2.27. The summed E-state index contributed by atoms with van der Waals surface area (Å²) in [5, 5.41) is 0. The predicted octanol–water partition coefficient (Wildman–Crippen LogP) is 3.14. The van der Waals surface area contributed by atoms with E-state index in [0.717, 1.165) is 16.7 Å². The van der Waals surface area contributed by atoms with Gasteiger partial charge in [-0.3, -0.25) is 4.79 Å². The van der Waals surface area contributed by atoms with Crippen LogP contribution in [0, 0.1) is 0 Å². The van der Waals surface area contributed by atoms with Crippen molar-refractivity contribution in [1.29, 1.82) is 0 Å². The molecular formula is C15H20O3. The minimum Gasteiger partial charge on any atom is -0.504 e. The third kappa shape index (κ3) is 2.92. The first-order valence-electron chi connectivity index (χ1n) is 5.82. The van der Waals surface area contributed by atoms with Crippen molar-refractivity contribution in [2.24, 2.45) is 0 Å². The van der Waals surface area contributed by atoms with Gasteiger partial charge in [-0.15, -0.1) is 0 Å². The maximum Gasteiger partial charge on any atom is 0.315 e. The quantitative estimate of drug-likeness (QED) is 0.606. The van der Waals surface area contributed by atoms with E-state index in [1.165, 1.54) is 7.11 Å². The molecule has 0 unspecified atom stereocenters. The van der Waals surface area contributed by atoms with Crippen LogP contribution in [0.5, 0.6) is 0 Å². The second-order valence-corrected chi connectivity index (χ2v) is 4.73. The second-order valence-electron chi connectivity index (χ2n) is 4.73. The molecule has 0 saturated carbocycles. The average Bonchev–Trinajstić information content (AvgIpc) is 2.38. The van der Waals surface area contributed by atoms with E-state index in [1.807, 2.05) is 45.0 Å². The number of ether oxygens (including phenoxy) is 2. The highest BCUT2D eigenvalue weighted by atomic mass is 16.5. The molecule has 0 saturated heterocycles. The second kappa shape index (κ2) is 5.71. The molecule has 0 fully saturated rings. The van der Waals surface area contributed by atoms with Crippen molar-refractivity contribution in [2.45, 2.75) is 26.2 Å². The Labute approximate surface area is 108 Å². The predicted molar refractivity (Wildman–Crippen MR) is 72.1 cm³/mol. The maximum absolute atomic E-state index is 11.8. The van der Waals surface area contributed by atoms with Crippen LogP contribution in [-0.4, -0.2) is 20.2 Å². The van der Waals surface area contributed by atoms with E-state index in [-0.39, 0.29) is 5.97 Å². The van der Waals surface area contributed by atoms with E-state index in [2.05, 4.69) is 0 Å². The van der Waals surface area contributed by atoms with Crippen LogP contribution >= 0.6 is 0 Å². The monoisotopic (exact) mass is 248 g/mol. The number of methoxy groups -OCH3 is 2. The van der Waals surface area contributed by atoms with Gasteiger partial charge in [0.2, 0.25) is 0 Å². The standard InChI is InChI=1S/C15H20O3/c1-11(10-17-4)12-7-6-8-13(9-12)15(2,3)14(16)18-5/h6-10H,1-5H3/b11-10+. The number of benzene rings is 1. The van der Waals surface area contributed by atoms with Crippen LogP contribution in [0.15, 0.2) is 30.5 Å². The smallest absolute Gasteiger partial charge is 0.315 e. The Bertz CT molecular complexity index is 459. The van der Waals surface area contributed by atoms with Gasteiger partial charge in [0.05, 0.1) is 25.9 Å². The zero-order valence-corrected chi connectivity index (χ0v) is 11.6. The van der Waals surface area contributed by atoms with Gasteiger partial charge >= 0.3 is 5.97 Å². The van der Waals surface area contributed by atoms with Crippen molar-refractivity contribution in [1.82, 2.24) is 0 Å². The lowest BCUT2D eigenvalue weighted by molar-refractivity contribution is -0.146. The summed E-state index contributed by atoms with van der Waals surface area (Å²) in [4.78, 5) is 11.8. The highest BCUT2D eigenvalue weighted by molar-refractivity contribution is 5.82. The summed E-state index contributed by atoms with van der Waals surface area (Å²) in [5.41, 5.74) is 2.32. The number of allylic oxidation sites excluding steroid dienone is 1. The van der Waals surface area contributed by atoms with Crippen molar-refractivity contribution in [3.05, 3.63) is 41.7 Å². The molecule has 0 spiro atoms. The SMILES string of the molecule is CO/C=C(\C)c1cccc(C(C)(C)C(=O)OC)c1. The van der Waals surface area contributed by atoms with Crippen molar-refractivity contribution in [3.8, 4) is 0 Å². The number of hydrogen-bond donors (Lipinski definition) is 0. The van der Waals surface area contributed by atoms with Gasteiger partial charge in [0, 0.05) is 0 Å². The molecule has 0 heterocycles. The largest absolute Gasteiger partial charge is 0.504 e. The molecule has 0 atom stereocenters. The summed E-state index contributed by atoms with van der Waals surface area (Å²) >= 11 is 0. The van der Waals surface area contributed by atoms with Crippen LogP contribution in [0.2, 0.25) is 0 Å².